The second-order valence-corrected chi connectivity index (χ2v) is 4.78. The number of nitriles is 1. The summed E-state index contributed by atoms with van der Waals surface area (Å²) in [6.07, 6.45) is 0. The van der Waals surface area contributed by atoms with Crippen LogP contribution in [0.1, 0.15) is 21.5 Å². The van der Waals surface area contributed by atoms with Gasteiger partial charge in [0.05, 0.1) is 18.2 Å². The van der Waals surface area contributed by atoms with E-state index in [9.17, 15) is 4.79 Å². The quantitative estimate of drug-likeness (QED) is 0.883. The van der Waals surface area contributed by atoms with Crippen molar-refractivity contribution in [2.75, 3.05) is 13.2 Å². The summed E-state index contributed by atoms with van der Waals surface area (Å²) in [5, 5.41) is 11.5. The van der Waals surface area contributed by atoms with Crippen LogP contribution in [-0.4, -0.2) is 19.1 Å². The molecule has 0 aliphatic rings. The first-order valence-electron chi connectivity index (χ1n) is 7.13. The van der Waals surface area contributed by atoms with Crippen LogP contribution in [0.3, 0.4) is 0 Å². The smallest absolute Gasteiger partial charge is 0.252 e. The monoisotopic (exact) mass is 304 g/mol. The van der Waals surface area contributed by atoms with Gasteiger partial charge >= 0.3 is 0 Å². The van der Waals surface area contributed by atoms with Crippen LogP contribution < -0.4 is 10.1 Å². The number of ether oxygens (including phenoxy) is 1. The summed E-state index contributed by atoms with van der Waals surface area (Å²) < 4.78 is 5.54. The molecule has 0 bridgehead atoms. The van der Waals surface area contributed by atoms with Gasteiger partial charge in [0.25, 0.3) is 5.91 Å². The van der Waals surface area contributed by atoms with Gasteiger partial charge in [-0.2, -0.15) is 5.26 Å². The molecule has 0 aliphatic carbocycles. The van der Waals surface area contributed by atoms with E-state index in [0.717, 1.165) is 11.3 Å². The fourth-order valence-electron chi connectivity index (χ4n) is 1.90. The molecule has 0 fully saturated rings. The molecule has 0 aromatic heterocycles. The Hall–Kier alpha value is -3.24. The highest BCUT2D eigenvalue weighted by atomic mass is 16.5. The lowest BCUT2D eigenvalue weighted by Crippen LogP contribution is -2.23. The first kappa shape index (κ1) is 16.1. The fourth-order valence-corrected chi connectivity index (χ4v) is 1.90. The fraction of sp³-hybridized carbons (Fsp3) is 0.158. The van der Waals surface area contributed by atoms with Crippen LogP contribution in [-0.2, 0) is 0 Å². The second kappa shape index (κ2) is 8.26. The van der Waals surface area contributed by atoms with Crippen LogP contribution in [0.5, 0.6) is 5.75 Å². The lowest BCUT2D eigenvalue weighted by Gasteiger charge is -2.04. The van der Waals surface area contributed by atoms with Crippen molar-refractivity contribution in [3.8, 4) is 23.7 Å². The van der Waals surface area contributed by atoms with E-state index in [1.807, 2.05) is 37.3 Å². The van der Waals surface area contributed by atoms with E-state index in [1.54, 1.807) is 24.3 Å². The van der Waals surface area contributed by atoms with E-state index in [4.69, 9.17) is 10.00 Å². The highest BCUT2D eigenvalue weighted by Gasteiger charge is 2.04. The molecule has 0 aliphatic heterocycles. The van der Waals surface area contributed by atoms with Gasteiger partial charge in [-0.1, -0.05) is 36.1 Å². The normalized spacial score (nSPS) is 9.22. The van der Waals surface area contributed by atoms with Gasteiger partial charge in [0.15, 0.2) is 0 Å². The topological polar surface area (TPSA) is 62.1 Å². The average molecular weight is 304 g/mol. The largest absolute Gasteiger partial charge is 0.481 e. The van der Waals surface area contributed by atoms with Crippen LogP contribution in [0, 0.1) is 30.1 Å². The molecule has 23 heavy (non-hydrogen) atoms. The number of hydrogen-bond acceptors (Lipinski definition) is 3. The van der Waals surface area contributed by atoms with Gasteiger partial charge in [-0.05, 0) is 36.8 Å². The molecular weight excluding hydrogens is 288 g/mol. The maximum absolute atomic E-state index is 11.9. The molecule has 0 spiro atoms. The molecule has 1 amide bonds. The Labute approximate surface area is 135 Å². The van der Waals surface area contributed by atoms with Crippen molar-refractivity contribution in [1.82, 2.24) is 5.32 Å². The SMILES string of the molecule is Cc1ccccc1OCC#CCNC(=O)c1cccc(C#N)c1. The standard InChI is InChI=1S/C19H16N2O2/c1-15-7-2-3-10-18(15)23-12-5-4-11-21-19(22)17-9-6-8-16(13-17)14-20/h2-3,6-10,13H,11-12H2,1H3,(H,21,22). The summed E-state index contributed by atoms with van der Waals surface area (Å²) >= 11 is 0. The van der Waals surface area contributed by atoms with Gasteiger partial charge in [-0.15, -0.1) is 0 Å². The average Bonchev–Trinajstić information content (AvgIpc) is 2.59. The number of carbonyl (C=O) groups is 1. The van der Waals surface area contributed by atoms with Gasteiger partial charge in [0, 0.05) is 5.56 Å². The summed E-state index contributed by atoms with van der Waals surface area (Å²) in [4.78, 5) is 11.9. The molecule has 2 rings (SSSR count). The number of para-hydroxylation sites is 1. The van der Waals surface area contributed by atoms with Crippen molar-refractivity contribution >= 4 is 5.91 Å². The highest BCUT2D eigenvalue weighted by molar-refractivity contribution is 5.94. The van der Waals surface area contributed by atoms with Gasteiger partial charge in [0.2, 0.25) is 0 Å². The third-order valence-electron chi connectivity index (χ3n) is 3.11. The van der Waals surface area contributed by atoms with Crippen molar-refractivity contribution in [2.45, 2.75) is 6.92 Å². The number of nitrogens with one attached hydrogen (secondary N) is 1. The second-order valence-electron chi connectivity index (χ2n) is 4.78. The van der Waals surface area contributed by atoms with Crippen molar-refractivity contribution < 1.29 is 9.53 Å². The zero-order chi connectivity index (χ0) is 16.5. The molecule has 0 saturated heterocycles. The number of amides is 1. The first-order chi connectivity index (χ1) is 11.2. The summed E-state index contributed by atoms with van der Waals surface area (Å²) in [6.45, 7) is 2.47. The van der Waals surface area contributed by atoms with E-state index in [0.29, 0.717) is 11.1 Å². The van der Waals surface area contributed by atoms with Crippen molar-refractivity contribution in [3.05, 3.63) is 65.2 Å². The van der Waals surface area contributed by atoms with Crippen LogP contribution >= 0.6 is 0 Å². The van der Waals surface area contributed by atoms with Crippen molar-refractivity contribution in [3.63, 3.8) is 0 Å². The lowest BCUT2D eigenvalue weighted by atomic mass is 10.1. The Kier molecular flexibility index (Phi) is 5.80. The van der Waals surface area contributed by atoms with Gasteiger partial charge < -0.3 is 10.1 Å². The predicted octanol–water partition coefficient (Wildman–Crippen LogP) is 2.68. The Balaban J connectivity index is 1.78. The molecule has 4 heteroatoms. The van der Waals surface area contributed by atoms with E-state index in [-0.39, 0.29) is 19.1 Å². The summed E-state index contributed by atoms with van der Waals surface area (Å²) in [7, 11) is 0. The molecule has 2 aromatic rings. The van der Waals surface area contributed by atoms with Gasteiger partial charge in [-0.25, -0.2) is 0 Å². The first-order valence-corrected chi connectivity index (χ1v) is 7.13. The zero-order valence-electron chi connectivity index (χ0n) is 12.8. The zero-order valence-corrected chi connectivity index (χ0v) is 12.8. The third kappa shape index (κ3) is 4.91. The van der Waals surface area contributed by atoms with Crippen LogP contribution in [0.15, 0.2) is 48.5 Å². The molecule has 0 radical (unpaired) electrons. The molecule has 114 valence electrons. The minimum atomic E-state index is -0.253. The minimum absolute atomic E-state index is 0.229. The summed E-state index contributed by atoms with van der Waals surface area (Å²) in [5.41, 5.74) is 1.96. The van der Waals surface area contributed by atoms with Gasteiger partial charge in [0.1, 0.15) is 12.4 Å². The van der Waals surface area contributed by atoms with E-state index < -0.39 is 0 Å². The maximum Gasteiger partial charge on any atom is 0.252 e. The number of hydrogen-bond donors (Lipinski definition) is 1. The summed E-state index contributed by atoms with van der Waals surface area (Å²) in [5.74, 6) is 6.23. The van der Waals surface area contributed by atoms with E-state index in [2.05, 4.69) is 17.2 Å². The predicted molar refractivity (Wildman–Crippen MR) is 87.9 cm³/mol. The van der Waals surface area contributed by atoms with Crippen LogP contribution in [0.25, 0.3) is 0 Å². The van der Waals surface area contributed by atoms with E-state index in [1.165, 1.54) is 0 Å². The molecule has 2 aromatic carbocycles. The Morgan fingerprint density at radius 1 is 1.17 bits per heavy atom. The van der Waals surface area contributed by atoms with Crippen molar-refractivity contribution in [1.29, 1.82) is 5.26 Å². The van der Waals surface area contributed by atoms with Crippen LogP contribution in [0.4, 0.5) is 0 Å². The molecule has 4 nitrogen and oxygen atoms in total. The Morgan fingerprint density at radius 3 is 2.78 bits per heavy atom. The number of nitrogens with zero attached hydrogens (tertiary/aromatic N) is 1. The number of rotatable bonds is 4. The van der Waals surface area contributed by atoms with E-state index >= 15 is 0 Å². The molecule has 1 N–H and O–H groups in total. The molecule has 0 heterocycles. The Morgan fingerprint density at radius 2 is 2.00 bits per heavy atom. The molecular formula is C19H16N2O2. The highest BCUT2D eigenvalue weighted by Crippen LogP contribution is 2.15. The molecule has 0 unspecified atom stereocenters. The van der Waals surface area contributed by atoms with Crippen molar-refractivity contribution in [2.24, 2.45) is 0 Å². The van der Waals surface area contributed by atoms with Crippen LogP contribution in [0.2, 0.25) is 0 Å². The number of carbonyl (C=O) groups excluding carboxylic acids is 1. The third-order valence-corrected chi connectivity index (χ3v) is 3.11. The minimum Gasteiger partial charge on any atom is -0.481 e. The van der Waals surface area contributed by atoms with Gasteiger partial charge in [-0.3, -0.25) is 4.79 Å². The Bertz CT molecular complexity index is 795. The lowest BCUT2D eigenvalue weighted by molar-refractivity contribution is 0.0958. The summed E-state index contributed by atoms with van der Waals surface area (Å²) in [6, 6.07) is 16.3. The maximum atomic E-state index is 11.9. The molecule has 0 saturated carbocycles. The number of aryl methyl sites for hydroxylation is 1. The molecule has 0 atom stereocenters. The number of benzene rings is 2.